The van der Waals surface area contributed by atoms with Crippen molar-refractivity contribution in [2.45, 2.75) is 76.2 Å². The monoisotopic (exact) mass is 312 g/mol. The second kappa shape index (κ2) is 8.58. The third-order valence-electron chi connectivity index (χ3n) is 4.82. The van der Waals surface area contributed by atoms with E-state index in [2.05, 4.69) is 10.2 Å². The van der Waals surface area contributed by atoms with Crippen molar-refractivity contribution >= 4 is 5.97 Å². The first-order valence-corrected chi connectivity index (χ1v) is 8.41. The maximum atomic E-state index is 11.3. The molecule has 0 aromatic rings. The fourth-order valence-corrected chi connectivity index (χ4v) is 3.52. The van der Waals surface area contributed by atoms with Crippen LogP contribution < -0.4 is 0 Å². The van der Waals surface area contributed by atoms with Gasteiger partial charge in [0.15, 0.2) is 0 Å². The Balaban J connectivity index is 1.80. The van der Waals surface area contributed by atoms with Gasteiger partial charge < -0.3 is 14.6 Å². The number of nitrogens with zero attached hydrogens (tertiary/aromatic N) is 2. The fraction of sp³-hybridized carbons (Fsp3) is 0.938. The molecule has 0 aromatic carbocycles. The number of hydrogen-bond acceptors (Lipinski definition) is 5. The summed E-state index contributed by atoms with van der Waals surface area (Å²) in [5.41, 5.74) is 0. The van der Waals surface area contributed by atoms with Gasteiger partial charge in [0.1, 0.15) is 0 Å². The molecule has 2 fully saturated rings. The van der Waals surface area contributed by atoms with Gasteiger partial charge in [0.25, 0.3) is 0 Å². The molecule has 3 atom stereocenters. The summed E-state index contributed by atoms with van der Waals surface area (Å²) in [7, 11) is 1.58. The summed E-state index contributed by atoms with van der Waals surface area (Å²) in [6.45, 7) is 2.80. The van der Waals surface area contributed by atoms with Crippen molar-refractivity contribution in [2.75, 3.05) is 13.7 Å². The zero-order valence-electron chi connectivity index (χ0n) is 13.6. The lowest BCUT2D eigenvalue weighted by molar-refractivity contribution is -0.148. The number of hydrogen-bond donors (Lipinski definition) is 1. The molecule has 0 saturated heterocycles. The van der Waals surface area contributed by atoms with Gasteiger partial charge in [-0.1, -0.05) is 0 Å². The van der Waals surface area contributed by atoms with E-state index in [1.54, 1.807) is 7.11 Å². The Morgan fingerprint density at radius 1 is 1.09 bits per heavy atom. The van der Waals surface area contributed by atoms with Crippen LogP contribution in [0.5, 0.6) is 0 Å². The molecule has 2 aliphatic rings. The highest BCUT2D eigenvalue weighted by Gasteiger charge is 2.35. The Hall–Kier alpha value is -1.01. The van der Waals surface area contributed by atoms with Crippen LogP contribution in [0.3, 0.4) is 0 Å². The Bertz CT molecular complexity index is 380. The van der Waals surface area contributed by atoms with E-state index in [1.165, 1.54) is 0 Å². The predicted molar refractivity (Wildman–Crippen MR) is 82.1 cm³/mol. The van der Waals surface area contributed by atoms with Gasteiger partial charge in [-0.15, -0.1) is 0 Å². The summed E-state index contributed by atoms with van der Waals surface area (Å²) in [5, 5.41) is 18.2. The number of aliphatic carboxylic acids is 1. The van der Waals surface area contributed by atoms with Gasteiger partial charge in [-0.3, -0.25) is 4.79 Å². The number of rotatable bonds is 6. The van der Waals surface area contributed by atoms with Crippen LogP contribution in [0.15, 0.2) is 10.2 Å². The molecule has 2 saturated carbocycles. The first kappa shape index (κ1) is 17.3. The standard InChI is InChI=1S/C16H28N2O4/c1-3-22-13-7-4-11(5-8-13)17-18-12-6-9-15(21-2)14(10-12)16(19)20/h11-15H,3-10H2,1-2H3,(H,19,20). The Kier molecular flexibility index (Phi) is 6.76. The van der Waals surface area contributed by atoms with Crippen molar-refractivity contribution in [3.05, 3.63) is 0 Å². The summed E-state index contributed by atoms with van der Waals surface area (Å²) in [4.78, 5) is 11.3. The van der Waals surface area contributed by atoms with E-state index < -0.39 is 11.9 Å². The van der Waals surface area contributed by atoms with Crippen molar-refractivity contribution in [3.63, 3.8) is 0 Å². The highest BCUT2D eigenvalue weighted by molar-refractivity contribution is 5.71. The van der Waals surface area contributed by atoms with Crippen LogP contribution in [0.1, 0.15) is 51.9 Å². The van der Waals surface area contributed by atoms with Gasteiger partial charge in [0, 0.05) is 13.7 Å². The zero-order valence-corrected chi connectivity index (χ0v) is 13.6. The van der Waals surface area contributed by atoms with Crippen molar-refractivity contribution in [1.29, 1.82) is 0 Å². The van der Waals surface area contributed by atoms with E-state index in [1.807, 2.05) is 6.92 Å². The molecule has 6 heteroatoms. The summed E-state index contributed by atoms with van der Waals surface area (Å²) in [5.74, 6) is -1.25. The van der Waals surface area contributed by atoms with E-state index in [0.717, 1.165) is 45.1 Å². The lowest BCUT2D eigenvalue weighted by atomic mass is 9.83. The molecular weight excluding hydrogens is 284 g/mol. The average Bonchev–Trinajstić information content (AvgIpc) is 2.54. The minimum Gasteiger partial charge on any atom is -0.481 e. The molecule has 0 aliphatic heterocycles. The van der Waals surface area contributed by atoms with Gasteiger partial charge >= 0.3 is 5.97 Å². The highest BCUT2D eigenvalue weighted by Crippen LogP contribution is 2.30. The molecule has 0 amide bonds. The van der Waals surface area contributed by atoms with Crippen LogP contribution >= 0.6 is 0 Å². The van der Waals surface area contributed by atoms with Crippen LogP contribution in [-0.2, 0) is 14.3 Å². The third-order valence-corrected chi connectivity index (χ3v) is 4.82. The maximum Gasteiger partial charge on any atom is 0.309 e. The maximum absolute atomic E-state index is 11.3. The van der Waals surface area contributed by atoms with Gasteiger partial charge in [0.2, 0.25) is 0 Å². The molecule has 1 N–H and O–H groups in total. The average molecular weight is 312 g/mol. The Morgan fingerprint density at radius 3 is 2.32 bits per heavy atom. The predicted octanol–water partition coefficient (Wildman–Crippen LogP) is 3.05. The smallest absolute Gasteiger partial charge is 0.309 e. The second-order valence-electron chi connectivity index (χ2n) is 6.30. The normalized spacial score (nSPS) is 36.5. The van der Waals surface area contributed by atoms with Gasteiger partial charge in [-0.2, -0.15) is 10.2 Å². The molecule has 0 spiro atoms. The topological polar surface area (TPSA) is 80.5 Å². The van der Waals surface area contributed by atoms with Crippen molar-refractivity contribution in [3.8, 4) is 0 Å². The van der Waals surface area contributed by atoms with Crippen LogP contribution in [0, 0.1) is 5.92 Å². The number of carbonyl (C=O) groups is 1. The summed E-state index contributed by atoms with van der Waals surface area (Å²) in [6.07, 6.45) is 6.46. The SMILES string of the molecule is CCOC1CCC(N=NC2CCC(OC)C(C(=O)O)C2)CC1. The molecular formula is C16H28N2O4. The molecule has 0 bridgehead atoms. The molecule has 6 nitrogen and oxygen atoms in total. The first-order chi connectivity index (χ1) is 10.6. The summed E-state index contributed by atoms with van der Waals surface area (Å²) < 4.78 is 10.9. The molecule has 0 heterocycles. The van der Waals surface area contributed by atoms with Gasteiger partial charge in [-0.25, -0.2) is 0 Å². The fourth-order valence-electron chi connectivity index (χ4n) is 3.52. The lowest BCUT2D eigenvalue weighted by Crippen LogP contribution is -2.37. The molecule has 0 radical (unpaired) electrons. The zero-order chi connectivity index (χ0) is 15.9. The molecule has 0 aromatic heterocycles. The lowest BCUT2D eigenvalue weighted by Gasteiger charge is -2.31. The largest absolute Gasteiger partial charge is 0.481 e. The minimum atomic E-state index is -0.788. The van der Waals surface area contributed by atoms with Crippen LogP contribution in [-0.4, -0.2) is 49.1 Å². The first-order valence-electron chi connectivity index (χ1n) is 8.41. The van der Waals surface area contributed by atoms with E-state index in [0.29, 0.717) is 12.5 Å². The molecule has 22 heavy (non-hydrogen) atoms. The van der Waals surface area contributed by atoms with Gasteiger partial charge in [0.05, 0.1) is 30.2 Å². The minimum absolute atomic E-state index is 0.0251. The Morgan fingerprint density at radius 2 is 1.73 bits per heavy atom. The van der Waals surface area contributed by atoms with Crippen LogP contribution in [0.25, 0.3) is 0 Å². The van der Waals surface area contributed by atoms with Gasteiger partial charge in [-0.05, 0) is 51.9 Å². The van der Waals surface area contributed by atoms with E-state index in [9.17, 15) is 9.90 Å². The summed E-state index contributed by atoms with van der Waals surface area (Å²) in [6, 6.07) is 0.303. The van der Waals surface area contributed by atoms with E-state index in [4.69, 9.17) is 9.47 Å². The molecule has 2 rings (SSSR count). The number of methoxy groups -OCH3 is 1. The molecule has 126 valence electrons. The number of ether oxygens (including phenoxy) is 2. The summed E-state index contributed by atoms with van der Waals surface area (Å²) >= 11 is 0. The number of carboxylic acid groups (broad SMARTS) is 1. The number of carboxylic acids is 1. The van der Waals surface area contributed by atoms with E-state index >= 15 is 0 Å². The molecule has 2 aliphatic carbocycles. The van der Waals surface area contributed by atoms with E-state index in [-0.39, 0.29) is 18.2 Å². The second-order valence-corrected chi connectivity index (χ2v) is 6.30. The van der Waals surface area contributed by atoms with Crippen molar-refractivity contribution < 1.29 is 19.4 Å². The third kappa shape index (κ3) is 4.74. The Labute approximate surface area is 132 Å². The highest BCUT2D eigenvalue weighted by atomic mass is 16.5. The number of azo groups is 1. The van der Waals surface area contributed by atoms with Crippen LogP contribution in [0.4, 0.5) is 0 Å². The van der Waals surface area contributed by atoms with Crippen molar-refractivity contribution in [1.82, 2.24) is 0 Å². The van der Waals surface area contributed by atoms with Crippen molar-refractivity contribution in [2.24, 2.45) is 16.1 Å². The molecule has 3 unspecified atom stereocenters. The van der Waals surface area contributed by atoms with Crippen LogP contribution in [0.2, 0.25) is 0 Å². The quantitative estimate of drug-likeness (QED) is 0.764.